The number of amides is 1. The Bertz CT molecular complexity index is 311. The first-order valence-electron chi connectivity index (χ1n) is 5.30. The van der Waals surface area contributed by atoms with Gasteiger partial charge in [-0.3, -0.25) is 9.69 Å². The van der Waals surface area contributed by atoms with E-state index in [2.05, 4.69) is 0 Å². The van der Waals surface area contributed by atoms with Crippen LogP contribution in [0.25, 0.3) is 0 Å². The third-order valence-corrected chi connectivity index (χ3v) is 3.00. The molecule has 1 saturated heterocycles. The fourth-order valence-electron chi connectivity index (χ4n) is 1.60. The molecular weight excluding hydrogens is 230 g/mol. The molecule has 0 aromatic heterocycles. The number of carbonyl (C=O) groups excluding carboxylic acids is 2. The van der Waals surface area contributed by atoms with E-state index in [1.807, 2.05) is 0 Å². The zero-order valence-electron chi connectivity index (χ0n) is 10.2. The number of carbonyl (C=O) groups is 2. The molecule has 0 aliphatic carbocycles. The van der Waals surface area contributed by atoms with E-state index in [0.29, 0.717) is 13.0 Å². The molecule has 0 bridgehead atoms. The quantitative estimate of drug-likeness (QED) is 0.703. The van der Waals surface area contributed by atoms with E-state index in [1.165, 1.54) is 4.90 Å². The Balaban J connectivity index is 2.69. The van der Waals surface area contributed by atoms with E-state index in [-0.39, 0.29) is 11.7 Å². The molecule has 1 aliphatic heterocycles. The third kappa shape index (κ3) is 2.48. The average molecular weight is 248 g/mol. The standard InChI is InChI=1S/C11H18ClNO3/c1-10(2,3)16-9(15)13-6-5-11(13,4)8(14)7-12/h5-7H2,1-4H3. The molecule has 0 N–H and O–H groups in total. The van der Waals surface area contributed by atoms with Gasteiger partial charge in [-0.15, -0.1) is 11.6 Å². The van der Waals surface area contributed by atoms with Crippen molar-refractivity contribution >= 4 is 23.5 Å². The van der Waals surface area contributed by atoms with Crippen LogP contribution >= 0.6 is 11.6 Å². The van der Waals surface area contributed by atoms with Crippen LogP contribution in [0.15, 0.2) is 0 Å². The number of likely N-dealkylation sites (tertiary alicyclic amines) is 1. The average Bonchev–Trinajstić information content (AvgIpc) is 2.10. The first-order chi connectivity index (χ1) is 7.20. The van der Waals surface area contributed by atoms with Gasteiger partial charge in [0.05, 0.1) is 5.88 Å². The number of ether oxygens (including phenoxy) is 1. The SMILES string of the molecule is CC(C)(C)OC(=O)N1CCC1(C)C(=O)CCl. The third-order valence-electron chi connectivity index (χ3n) is 2.75. The van der Waals surface area contributed by atoms with Gasteiger partial charge in [0.1, 0.15) is 11.1 Å². The number of nitrogens with zero attached hydrogens (tertiary/aromatic N) is 1. The summed E-state index contributed by atoms with van der Waals surface area (Å²) in [5.41, 5.74) is -1.32. The maximum absolute atomic E-state index is 11.8. The summed E-state index contributed by atoms with van der Waals surface area (Å²) in [4.78, 5) is 24.8. The van der Waals surface area contributed by atoms with Crippen molar-refractivity contribution in [3.8, 4) is 0 Å². The topological polar surface area (TPSA) is 46.6 Å². The molecule has 1 rings (SSSR count). The van der Waals surface area contributed by atoms with Crippen molar-refractivity contribution in [2.75, 3.05) is 12.4 Å². The lowest BCUT2D eigenvalue weighted by molar-refractivity contribution is -0.135. The van der Waals surface area contributed by atoms with Crippen molar-refractivity contribution in [1.29, 1.82) is 0 Å². The zero-order chi connectivity index (χ0) is 12.6. The number of rotatable bonds is 2. The summed E-state index contributed by atoms with van der Waals surface area (Å²) in [6, 6.07) is 0. The van der Waals surface area contributed by atoms with Crippen molar-refractivity contribution in [3.63, 3.8) is 0 Å². The highest BCUT2D eigenvalue weighted by atomic mass is 35.5. The molecule has 92 valence electrons. The van der Waals surface area contributed by atoms with Crippen LogP contribution in [0.3, 0.4) is 0 Å². The summed E-state index contributed by atoms with van der Waals surface area (Å²) >= 11 is 5.52. The molecule has 0 aromatic carbocycles. The highest BCUT2D eigenvalue weighted by Gasteiger charge is 2.49. The van der Waals surface area contributed by atoms with Crippen molar-refractivity contribution in [2.24, 2.45) is 0 Å². The van der Waals surface area contributed by atoms with E-state index >= 15 is 0 Å². The van der Waals surface area contributed by atoms with Crippen LogP contribution < -0.4 is 0 Å². The number of alkyl halides is 1. The summed E-state index contributed by atoms with van der Waals surface area (Å²) < 4.78 is 5.22. The minimum Gasteiger partial charge on any atom is -0.444 e. The first-order valence-corrected chi connectivity index (χ1v) is 5.84. The Labute approximate surface area is 101 Å². The molecule has 4 nitrogen and oxygen atoms in total. The molecule has 0 spiro atoms. The van der Waals surface area contributed by atoms with Crippen LogP contribution in [0.2, 0.25) is 0 Å². The maximum atomic E-state index is 11.8. The van der Waals surface area contributed by atoms with Gasteiger partial charge >= 0.3 is 6.09 Å². The van der Waals surface area contributed by atoms with Gasteiger partial charge in [0, 0.05) is 6.54 Å². The largest absolute Gasteiger partial charge is 0.444 e. The van der Waals surface area contributed by atoms with Gasteiger partial charge in [0.15, 0.2) is 5.78 Å². The fraction of sp³-hybridized carbons (Fsp3) is 0.818. The number of halogens is 1. The molecule has 0 aromatic rings. The van der Waals surface area contributed by atoms with E-state index in [4.69, 9.17) is 16.3 Å². The number of hydrogen-bond donors (Lipinski definition) is 0. The van der Waals surface area contributed by atoms with Gasteiger partial charge < -0.3 is 4.74 Å². The predicted octanol–water partition coefficient (Wildman–Crippen LogP) is 2.19. The maximum Gasteiger partial charge on any atom is 0.411 e. The molecule has 1 aliphatic rings. The normalized spacial score (nSPS) is 24.9. The highest BCUT2D eigenvalue weighted by molar-refractivity contribution is 6.29. The van der Waals surface area contributed by atoms with Crippen molar-refractivity contribution in [1.82, 2.24) is 4.90 Å². The van der Waals surface area contributed by atoms with Crippen LogP contribution in [0, 0.1) is 0 Å². The summed E-state index contributed by atoms with van der Waals surface area (Å²) in [6.07, 6.45) is 0.206. The summed E-state index contributed by atoms with van der Waals surface area (Å²) in [5.74, 6) is -0.207. The smallest absolute Gasteiger partial charge is 0.411 e. The summed E-state index contributed by atoms with van der Waals surface area (Å²) in [7, 11) is 0. The van der Waals surface area contributed by atoms with Gasteiger partial charge in [-0.05, 0) is 34.1 Å². The Morgan fingerprint density at radius 1 is 1.44 bits per heavy atom. The molecule has 1 heterocycles. The molecule has 0 saturated carbocycles. The Hall–Kier alpha value is -0.770. The lowest BCUT2D eigenvalue weighted by atomic mass is 9.83. The molecule has 1 unspecified atom stereocenters. The van der Waals surface area contributed by atoms with Gasteiger partial charge in [-0.2, -0.15) is 0 Å². The minimum absolute atomic E-state index is 0.0736. The second-order valence-electron chi connectivity index (χ2n) is 5.21. The van der Waals surface area contributed by atoms with Crippen LogP contribution in [0.1, 0.15) is 34.1 Å². The molecule has 1 atom stereocenters. The van der Waals surface area contributed by atoms with Crippen molar-refractivity contribution in [2.45, 2.75) is 45.3 Å². The fourth-order valence-corrected chi connectivity index (χ4v) is 1.89. The summed E-state index contributed by atoms with van der Waals surface area (Å²) in [5, 5.41) is 0. The number of Topliss-reactive ketones (excluding diaryl/α,β-unsaturated/α-hetero) is 1. The van der Waals surface area contributed by atoms with Crippen LogP contribution in [0.4, 0.5) is 4.79 Å². The highest BCUT2D eigenvalue weighted by Crippen LogP contribution is 2.33. The van der Waals surface area contributed by atoms with Crippen LogP contribution in [-0.2, 0) is 9.53 Å². The van der Waals surface area contributed by atoms with Crippen LogP contribution in [0.5, 0.6) is 0 Å². The van der Waals surface area contributed by atoms with Crippen molar-refractivity contribution in [3.05, 3.63) is 0 Å². The van der Waals surface area contributed by atoms with Gasteiger partial charge in [-0.1, -0.05) is 0 Å². The number of hydrogen-bond acceptors (Lipinski definition) is 3. The van der Waals surface area contributed by atoms with Crippen molar-refractivity contribution < 1.29 is 14.3 Å². The first kappa shape index (κ1) is 13.3. The van der Waals surface area contributed by atoms with Gasteiger partial charge in [0.2, 0.25) is 0 Å². The van der Waals surface area contributed by atoms with E-state index in [0.717, 1.165) is 0 Å². The molecule has 5 heteroatoms. The molecule has 1 amide bonds. The summed E-state index contributed by atoms with van der Waals surface area (Å²) in [6.45, 7) is 7.67. The monoisotopic (exact) mass is 247 g/mol. The Kier molecular flexibility index (Phi) is 3.53. The Morgan fingerprint density at radius 2 is 2.00 bits per heavy atom. The number of ketones is 1. The van der Waals surface area contributed by atoms with Crippen LogP contribution in [-0.4, -0.2) is 40.3 Å². The second kappa shape index (κ2) is 4.24. The Morgan fingerprint density at radius 3 is 2.31 bits per heavy atom. The molecule has 1 fully saturated rings. The van der Waals surface area contributed by atoms with E-state index < -0.39 is 17.2 Å². The lowest BCUT2D eigenvalue weighted by Gasteiger charge is -2.48. The second-order valence-corrected chi connectivity index (χ2v) is 5.48. The predicted molar refractivity (Wildman–Crippen MR) is 61.7 cm³/mol. The van der Waals surface area contributed by atoms with Gasteiger partial charge in [-0.25, -0.2) is 4.79 Å². The minimum atomic E-state index is -0.774. The van der Waals surface area contributed by atoms with E-state index in [9.17, 15) is 9.59 Å². The molecule has 0 radical (unpaired) electrons. The molecular formula is C11H18ClNO3. The van der Waals surface area contributed by atoms with Gasteiger partial charge in [0.25, 0.3) is 0 Å². The van der Waals surface area contributed by atoms with E-state index in [1.54, 1.807) is 27.7 Å². The molecule has 16 heavy (non-hydrogen) atoms. The lowest BCUT2D eigenvalue weighted by Crippen LogP contribution is -2.65. The zero-order valence-corrected chi connectivity index (χ0v) is 10.9.